The van der Waals surface area contributed by atoms with Crippen molar-refractivity contribution in [3.63, 3.8) is 0 Å². The van der Waals surface area contributed by atoms with Crippen molar-refractivity contribution in [3.8, 4) is 39.8 Å². The van der Waals surface area contributed by atoms with Gasteiger partial charge in [0.05, 0.1) is 39.3 Å². The highest BCUT2D eigenvalue weighted by atomic mass is 16.5. The lowest BCUT2D eigenvalue weighted by atomic mass is 10.1. The van der Waals surface area contributed by atoms with E-state index < -0.39 is 0 Å². The number of benzene rings is 2. The molecule has 1 amide bonds. The van der Waals surface area contributed by atoms with Gasteiger partial charge in [0, 0.05) is 24.2 Å². The van der Waals surface area contributed by atoms with E-state index in [0.717, 1.165) is 23.2 Å². The quantitative estimate of drug-likeness (QED) is 0.437. The molecule has 35 heavy (non-hydrogen) atoms. The van der Waals surface area contributed by atoms with Crippen LogP contribution in [-0.4, -0.2) is 70.4 Å². The number of aromatic nitrogens is 5. The van der Waals surface area contributed by atoms with Gasteiger partial charge in [-0.05, 0) is 24.6 Å². The second-order valence-corrected chi connectivity index (χ2v) is 8.22. The van der Waals surface area contributed by atoms with E-state index in [1.54, 1.807) is 44.4 Å². The molecule has 2 aromatic carbocycles. The van der Waals surface area contributed by atoms with Crippen molar-refractivity contribution < 1.29 is 19.0 Å². The van der Waals surface area contributed by atoms with Crippen LogP contribution in [0.3, 0.4) is 0 Å². The summed E-state index contributed by atoms with van der Waals surface area (Å²) in [6.45, 7) is 1.18. The fourth-order valence-corrected chi connectivity index (χ4v) is 4.32. The van der Waals surface area contributed by atoms with Crippen LogP contribution in [0.5, 0.6) is 17.2 Å². The minimum absolute atomic E-state index is 0.0708. The van der Waals surface area contributed by atoms with E-state index in [2.05, 4.69) is 20.5 Å². The van der Waals surface area contributed by atoms with Crippen LogP contribution in [-0.2, 0) is 0 Å². The van der Waals surface area contributed by atoms with Gasteiger partial charge in [-0.25, -0.2) is 4.68 Å². The number of nitrogens with zero attached hydrogens (tertiary/aromatic N) is 5. The van der Waals surface area contributed by atoms with Crippen molar-refractivity contribution in [3.05, 3.63) is 60.4 Å². The van der Waals surface area contributed by atoms with Gasteiger partial charge in [0.25, 0.3) is 5.91 Å². The first-order valence-corrected chi connectivity index (χ1v) is 11.2. The summed E-state index contributed by atoms with van der Waals surface area (Å²) < 4.78 is 18.1. The SMILES string of the molecule is COc1cc(-c2cc(C(=O)N3CCC(n4cc(-c5ccccc5)nn4)C3)[nH]n2)cc(OC)c1OC. The van der Waals surface area contributed by atoms with E-state index in [9.17, 15) is 4.79 Å². The molecule has 5 rings (SSSR count). The number of carbonyl (C=O) groups is 1. The topological polar surface area (TPSA) is 107 Å². The Labute approximate surface area is 202 Å². The van der Waals surface area contributed by atoms with Crippen molar-refractivity contribution in [2.24, 2.45) is 0 Å². The molecule has 0 saturated carbocycles. The number of hydrogen-bond acceptors (Lipinski definition) is 7. The molecule has 1 aliphatic heterocycles. The van der Waals surface area contributed by atoms with Gasteiger partial charge in [-0.15, -0.1) is 5.10 Å². The van der Waals surface area contributed by atoms with Crippen molar-refractivity contribution in [2.75, 3.05) is 34.4 Å². The van der Waals surface area contributed by atoms with Crippen LogP contribution < -0.4 is 14.2 Å². The second-order valence-electron chi connectivity index (χ2n) is 8.22. The number of carbonyl (C=O) groups excluding carboxylic acids is 1. The Morgan fingerprint density at radius 3 is 2.40 bits per heavy atom. The first-order valence-electron chi connectivity index (χ1n) is 11.2. The monoisotopic (exact) mass is 474 g/mol. The Hall–Kier alpha value is -4.34. The smallest absolute Gasteiger partial charge is 0.271 e. The van der Waals surface area contributed by atoms with Crippen LogP contribution >= 0.6 is 0 Å². The number of amides is 1. The first-order chi connectivity index (χ1) is 17.1. The zero-order chi connectivity index (χ0) is 24.4. The Balaban J connectivity index is 1.31. The zero-order valence-corrected chi connectivity index (χ0v) is 19.8. The molecule has 1 unspecified atom stereocenters. The van der Waals surface area contributed by atoms with Gasteiger partial charge in [0.2, 0.25) is 5.75 Å². The Morgan fingerprint density at radius 1 is 0.971 bits per heavy atom. The van der Waals surface area contributed by atoms with Gasteiger partial charge >= 0.3 is 0 Å². The van der Waals surface area contributed by atoms with E-state index >= 15 is 0 Å². The number of methoxy groups -OCH3 is 3. The van der Waals surface area contributed by atoms with Gasteiger partial charge in [-0.3, -0.25) is 9.89 Å². The Morgan fingerprint density at radius 2 is 1.71 bits per heavy atom. The molecule has 1 fully saturated rings. The standard InChI is InChI=1S/C25H26N6O4/c1-33-22-11-17(12-23(34-2)24(22)35-3)19-13-20(27-26-19)25(32)30-10-9-18(14-30)31-15-21(28-29-31)16-7-5-4-6-8-16/h4-8,11-13,15,18H,9-10,14H2,1-3H3,(H,26,27). The fraction of sp³-hybridized carbons (Fsp3) is 0.280. The fourth-order valence-electron chi connectivity index (χ4n) is 4.32. The van der Waals surface area contributed by atoms with Gasteiger partial charge in [-0.2, -0.15) is 5.10 Å². The third kappa shape index (κ3) is 4.30. The van der Waals surface area contributed by atoms with Gasteiger partial charge < -0.3 is 19.1 Å². The number of hydrogen-bond donors (Lipinski definition) is 1. The average Bonchev–Trinajstić information content (AvgIpc) is 3.68. The summed E-state index contributed by atoms with van der Waals surface area (Å²) in [6, 6.07) is 15.3. The minimum atomic E-state index is -0.109. The molecule has 180 valence electrons. The Bertz CT molecular complexity index is 1310. The maximum Gasteiger partial charge on any atom is 0.271 e. The van der Waals surface area contributed by atoms with Gasteiger partial charge in [0.15, 0.2) is 11.5 Å². The number of H-pyrrole nitrogens is 1. The predicted molar refractivity (Wildman–Crippen MR) is 129 cm³/mol. The first kappa shape index (κ1) is 22.5. The molecular formula is C25H26N6O4. The highest BCUT2D eigenvalue weighted by Gasteiger charge is 2.30. The molecule has 10 nitrogen and oxygen atoms in total. The molecule has 2 aromatic heterocycles. The third-order valence-electron chi connectivity index (χ3n) is 6.17. The lowest BCUT2D eigenvalue weighted by Crippen LogP contribution is -2.29. The minimum Gasteiger partial charge on any atom is -0.493 e. The summed E-state index contributed by atoms with van der Waals surface area (Å²) in [6.07, 6.45) is 2.74. The van der Waals surface area contributed by atoms with Crippen molar-refractivity contribution >= 4 is 5.91 Å². The third-order valence-corrected chi connectivity index (χ3v) is 6.17. The maximum absolute atomic E-state index is 13.2. The molecule has 1 aliphatic rings. The Kier molecular flexibility index (Phi) is 6.09. The summed E-state index contributed by atoms with van der Waals surface area (Å²) >= 11 is 0. The highest BCUT2D eigenvalue weighted by molar-refractivity contribution is 5.93. The van der Waals surface area contributed by atoms with Crippen LogP contribution in [0.4, 0.5) is 0 Å². The number of aromatic amines is 1. The number of likely N-dealkylation sites (tertiary alicyclic amines) is 1. The number of nitrogens with one attached hydrogen (secondary N) is 1. The van der Waals surface area contributed by atoms with Crippen LogP contribution in [0.15, 0.2) is 54.7 Å². The van der Waals surface area contributed by atoms with E-state index in [4.69, 9.17) is 14.2 Å². The van der Waals surface area contributed by atoms with Crippen LogP contribution in [0, 0.1) is 0 Å². The number of rotatable bonds is 7. The van der Waals surface area contributed by atoms with E-state index in [1.165, 1.54) is 0 Å². The highest BCUT2D eigenvalue weighted by Crippen LogP contribution is 2.41. The summed E-state index contributed by atoms with van der Waals surface area (Å²) in [5.74, 6) is 1.42. The summed E-state index contributed by atoms with van der Waals surface area (Å²) in [5, 5.41) is 15.8. The largest absolute Gasteiger partial charge is 0.493 e. The molecule has 0 aliphatic carbocycles. The molecule has 3 heterocycles. The normalized spacial score (nSPS) is 15.3. The van der Waals surface area contributed by atoms with Crippen molar-refractivity contribution in [2.45, 2.75) is 12.5 Å². The van der Waals surface area contributed by atoms with Crippen molar-refractivity contribution in [1.82, 2.24) is 30.1 Å². The zero-order valence-electron chi connectivity index (χ0n) is 19.8. The lowest BCUT2D eigenvalue weighted by Gasteiger charge is -2.15. The van der Waals surface area contributed by atoms with Crippen LogP contribution in [0.2, 0.25) is 0 Å². The second kappa shape index (κ2) is 9.49. The average molecular weight is 475 g/mol. The van der Waals surface area contributed by atoms with Crippen molar-refractivity contribution in [1.29, 1.82) is 0 Å². The van der Waals surface area contributed by atoms with Gasteiger partial charge in [0.1, 0.15) is 11.4 Å². The summed E-state index contributed by atoms with van der Waals surface area (Å²) in [4.78, 5) is 15.0. The van der Waals surface area contributed by atoms with E-state index in [-0.39, 0.29) is 11.9 Å². The summed E-state index contributed by atoms with van der Waals surface area (Å²) in [7, 11) is 4.67. The van der Waals surface area contributed by atoms with E-state index in [1.807, 2.05) is 41.2 Å². The molecular weight excluding hydrogens is 448 g/mol. The van der Waals surface area contributed by atoms with Gasteiger partial charge in [-0.1, -0.05) is 35.5 Å². The van der Waals surface area contributed by atoms with E-state index in [0.29, 0.717) is 41.7 Å². The molecule has 0 spiro atoms. The molecule has 1 N–H and O–H groups in total. The summed E-state index contributed by atoms with van der Waals surface area (Å²) in [5.41, 5.74) is 3.59. The molecule has 0 radical (unpaired) electrons. The molecule has 10 heteroatoms. The van der Waals surface area contributed by atoms with Crippen LogP contribution in [0.25, 0.3) is 22.5 Å². The molecule has 1 atom stereocenters. The lowest BCUT2D eigenvalue weighted by molar-refractivity contribution is 0.0781. The predicted octanol–water partition coefficient (Wildman–Crippen LogP) is 3.45. The maximum atomic E-state index is 13.2. The molecule has 0 bridgehead atoms. The van der Waals surface area contributed by atoms with Crippen LogP contribution in [0.1, 0.15) is 23.0 Å². The number of ether oxygens (including phenoxy) is 3. The molecule has 4 aromatic rings. The molecule has 1 saturated heterocycles.